The minimum absolute atomic E-state index is 0.108. The predicted octanol–water partition coefficient (Wildman–Crippen LogP) is 3.83. The van der Waals surface area contributed by atoms with Crippen LogP contribution in [-0.4, -0.2) is 80.5 Å². The lowest BCUT2D eigenvalue weighted by Gasteiger charge is -2.23. The van der Waals surface area contributed by atoms with Crippen LogP contribution < -0.4 is 18.9 Å². The highest BCUT2D eigenvalue weighted by Gasteiger charge is 2.35. The van der Waals surface area contributed by atoms with Crippen LogP contribution in [0.1, 0.15) is 26.3 Å². The number of aryl methyl sites for hydroxylation is 1. The number of aliphatic imine (C=N–C) groups is 2. The van der Waals surface area contributed by atoms with E-state index in [1.807, 2.05) is 20.8 Å². The second-order valence-electron chi connectivity index (χ2n) is 9.13. The molecule has 0 aliphatic carbocycles. The van der Waals surface area contributed by atoms with Crippen molar-refractivity contribution in [2.24, 2.45) is 9.98 Å². The summed E-state index contributed by atoms with van der Waals surface area (Å²) >= 11 is 0. The molecule has 1 N–H and O–H groups in total. The maximum absolute atomic E-state index is 13.7. The highest BCUT2D eigenvalue weighted by molar-refractivity contribution is 7.93. The lowest BCUT2D eigenvalue weighted by Crippen LogP contribution is -2.41. The number of nitrogens with one attached hydrogen (secondary N) is 1. The van der Waals surface area contributed by atoms with E-state index in [1.54, 1.807) is 36.5 Å². The Morgan fingerprint density at radius 1 is 1.07 bits per heavy atom. The summed E-state index contributed by atoms with van der Waals surface area (Å²) in [5.41, 5.74) is 2.46. The van der Waals surface area contributed by atoms with E-state index >= 15 is 0 Å². The minimum atomic E-state index is -4.19. The lowest BCUT2D eigenvalue weighted by atomic mass is 10.2. The van der Waals surface area contributed by atoms with Crippen LogP contribution in [0.15, 0.2) is 52.1 Å². The molecule has 1 aromatic carbocycles. The van der Waals surface area contributed by atoms with Gasteiger partial charge in [0.05, 0.1) is 21.3 Å². The zero-order valence-corrected chi connectivity index (χ0v) is 25.2. The van der Waals surface area contributed by atoms with Gasteiger partial charge in [-0.05, 0) is 58.2 Å². The molecule has 0 spiro atoms. The summed E-state index contributed by atoms with van der Waals surface area (Å²) in [7, 11) is 1.65. The van der Waals surface area contributed by atoms with E-state index < -0.39 is 21.4 Å². The first-order valence-electron chi connectivity index (χ1n) is 12.4. The van der Waals surface area contributed by atoms with E-state index in [9.17, 15) is 8.42 Å². The average Bonchev–Trinajstić information content (AvgIpc) is 3.35. The van der Waals surface area contributed by atoms with Crippen molar-refractivity contribution >= 4 is 28.5 Å². The normalized spacial score (nSPS) is 13.2. The van der Waals surface area contributed by atoms with Gasteiger partial charge in [-0.2, -0.15) is 0 Å². The molecule has 0 bridgehead atoms. The van der Waals surface area contributed by atoms with Crippen molar-refractivity contribution in [1.82, 2.24) is 19.7 Å². The Morgan fingerprint density at radius 3 is 2.27 bits per heavy atom. The Hall–Kier alpha value is -4.30. The summed E-state index contributed by atoms with van der Waals surface area (Å²) in [5.74, 6) is 1.28. The van der Waals surface area contributed by atoms with E-state index in [0.29, 0.717) is 28.8 Å². The molecule has 41 heavy (non-hydrogen) atoms. The number of aromatic nitrogens is 4. The molecule has 14 heteroatoms. The van der Waals surface area contributed by atoms with Crippen LogP contribution in [0.4, 0.5) is 5.95 Å². The minimum Gasteiger partial charge on any atom is -0.494 e. The van der Waals surface area contributed by atoms with Crippen molar-refractivity contribution < 1.29 is 27.4 Å². The number of methoxy groups -OCH3 is 4. The molecule has 2 aromatic heterocycles. The Kier molecular flexibility index (Phi) is 10.2. The average molecular weight is 586 g/mol. The van der Waals surface area contributed by atoms with Gasteiger partial charge in [-0.15, -0.1) is 10.2 Å². The van der Waals surface area contributed by atoms with Crippen LogP contribution >= 0.6 is 0 Å². The van der Waals surface area contributed by atoms with Gasteiger partial charge in [-0.25, -0.2) is 23.4 Å². The Morgan fingerprint density at radius 2 is 1.73 bits per heavy atom. The molecule has 0 aliphatic rings. The van der Waals surface area contributed by atoms with E-state index in [0.717, 1.165) is 11.1 Å². The molecule has 2 atom stereocenters. The highest BCUT2D eigenvalue weighted by atomic mass is 32.2. The number of amidine groups is 1. The molecule has 0 saturated carbocycles. The maximum atomic E-state index is 13.7. The Bertz CT molecular complexity index is 1540. The van der Waals surface area contributed by atoms with Crippen LogP contribution in [0.3, 0.4) is 0 Å². The number of hydrogen-bond acceptors (Lipinski definition) is 10. The van der Waals surface area contributed by atoms with E-state index in [-0.39, 0.29) is 17.6 Å². The van der Waals surface area contributed by atoms with Crippen molar-refractivity contribution in [1.29, 1.82) is 0 Å². The van der Waals surface area contributed by atoms with Crippen molar-refractivity contribution in [2.75, 3.05) is 33.2 Å². The summed E-state index contributed by atoms with van der Waals surface area (Å²) < 4.78 is 53.6. The first kappa shape index (κ1) is 31.2. The monoisotopic (exact) mass is 585 g/mol. The van der Waals surface area contributed by atoms with Crippen molar-refractivity contribution in [3.63, 3.8) is 0 Å². The number of ether oxygens (including phenoxy) is 4. The predicted molar refractivity (Wildman–Crippen MR) is 158 cm³/mol. The van der Waals surface area contributed by atoms with Gasteiger partial charge in [0.2, 0.25) is 21.9 Å². The van der Waals surface area contributed by atoms with E-state index in [1.165, 1.54) is 39.9 Å². The molecular formula is C27H35N7O6S. The number of benzene rings is 1. The van der Waals surface area contributed by atoms with Crippen LogP contribution in [0.25, 0.3) is 17.2 Å². The lowest BCUT2D eigenvalue weighted by molar-refractivity contribution is 0.154. The molecule has 2 heterocycles. The van der Waals surface area contributed by atoms with Gasteiger partial charge >= 0.3 is 0 Å². The fraction of sp³-hybridized carbons (Fsp3) is 0.370. The summed E-state index contributed by atoms with van der Waals surface area (Å²) in [6, 6.07) is 8.68. The fourth-order valence-corrected chi connectivity index (χ4v) is 5.05. The number of anilines is 1. The zero-order chi connectivity index (χ0) is 30.3. The Labute approximate surface area is 240 Å². The molecule has 0 unspecified atom stereocenters. The fourth-order valence-electron chi connectivity index (χ4n) is 3.92. The third-order valence-electron chi connectivity index (χ3n) is 5.95. The van der Waals surface area contributed by atoms with Gasteiger partial charge in [0.25, 0.3) is 0 Å². The molecule has 3 rings (SSSR count). The molecule has 0 radical (unpaired) electrons. The van der Waals surface area contributed by atoms with Crippen molar-refractivity contribution in [3.05, 3.63) is 47.7 Å². The number of hydrogen-bond donors (Lipinski definition) is 1. The standard InChI is InChI=1S/C27H35N7O6S/c1-16(2)15-29-25(28-5)24(40-9)18(4)41(35,36)33-27-32-31-26(19-13-17(3)14-22(30-19)39-8)34(27)23-20(37-6)11-10-12-21(23)38-7/h10-15,18,24H,5H2,1-4,6-9H3,(H,32,33)/b29-25-/t18-,24-/m0/s1. The van der Waals surface area contributed by atoms with Crippen LogP contribution in [0.5, 0.6) is 17.4 Å². The van der Waals surface area contributed by atoms with Crippen LogP contribution in [-0.2, 0) is 14.8 Å². The molecule has 220 valence electrons. The van der Waals surface area contributed by atoms with Crippen molar-refractivity contribution in [3.8, 4) is 34.6 Å². The van der Waals surface area contributed by atoms with E-state index in [2.05, 4.69) is 36.6 Å². The van der Waals surface area contributed by atoms with Gasteiger partial charge < -0.3 is 18.9 Å². The molecule has 0 aliphatic heterocycles. The van der Waals surface area contributed by atoms with Gasteiger partial charge in [-0.3, -0.25) is 9.29 Å². The number of nitrogens with zero attached hydrogens (tertiary/aromatic N) is 6. The topological polar surface area (TPSA) is 151 Å². The summed E-state index contributed by atoms with van der Waals surface area (Å²) in [4.78, 5) is 12.7. The molecule has 0 amide bonds. The smallest absolute Gasteiger partial charge is 0.243 e. The zero-order valence-electron chi connectivity index (χ0n) is 24.4. The number of pyridine rings is 1. The Balaban J connectivity index is 2.23. The van der Waals surface area contributed by atoms with Gasteiger partial charge in [0.1, 0.15) is 34.2 Å². The first-order chi connectivity index (χ1) is 19.5. The molecule has 0 saturated heterocycles. The van der Waals surface area contributed by atoms with Gasteiger partial charge in [-0.1, -0.05) is 11.6 Å². The number of para-hydroxylation sites is 1. The number of allylic oxidation sites excluding steroid dienone is 1. The maximum Gasteiger partial charge on any atom is 0.243 e. The van der Waals surface area contributed by atoms with Crippen molar-refractivity contribution in [2.45, 2.75) is 39.0 Å². The molecule has 3 aromatic rings. The molecule has 13 nitrogen and oxygen atoms in total. The van der Waals surface area contributed by atoms with Crippen LogP contribution in [0.2, 0.25) is 0 Å². The third-order valence-corrected chi connectivity index (χ3v) is 7.64. The summed E-state index contributed by atoms with van der Waals surface area (Å²) in [6.07, 6.45) is 0.517. The van der Waals surface area contributed by atoms with Gasteiger partial charge in [0.15, 0.2) is 11.7 Å². The summed E-state index contributed by atoms with van der Waals surface area (Å²) in [6.45, 7) is 10.6. The SMILES string of the molecule is C=N/C(=N\C=C(C)C)[C@@H](OC)[C@H](C)S(=O)(=O)Nc1nnc(-c2cc(C)cc(OC)n2)n1-c1c(OC)cccc1OC. The highest BCUT2D eigenvalue weighted by Crippen LogP contribution is 2.38. The molecule has 0 fully saturated rings. The second-order valence-corrected chi connectivity index (χ2v) is 11.2. The largest absolute Gasteiger partial charge is 0.494 e. The second kappa shape index (κ2) is 13.4. The quantitative estimate of drug-likeness (QED) is 0.247. The van der Waals surface area contributed by atoms with E-state index in [4.69, 9.17) is 18.9 Å². The first-order valence-corrected chi connectivity index (χ1v) is 14.0. The number of sulfonamides is 1. The number of rotatable bonds is 12. The van der Waals surface area contributed by atoms with Gasteiger partial charge in [0, 0.05) is 19.4 Å². The third kappa shape index (κ3) is 6.89. The van der Waals surface area contributed by atoms with Crippen LogP contribution in [0, 0.1) is 6.92 Å². The summed E-state index contributed by atoms with van der Waals surface area (Å²) in [5, 5.41) is 7.33. The molecular weight excluding hydrogens is 550 g/mol.